The maximum absolute atomic E-state index is 9.70. The minimum absolute atomic E-state index is 0.00463. The summed E-state index contributed by atoms with van der Waals surface area (Å²) in [5.74, 6) is 1.00. The molecule has 3 heteroatoms. The van der Waals surface area contributed by atoms with E-state index < -0.39 is 0 Å². The molecule has 1 N–H and O–H groups in total. The van der Waals surface area contributed by atoms with Gasteiger partial charge in [0.25, 0.3) is 0 Å². The third kappa shape index (κ3) is 4.47. The average molecular weight is 235 g/mol. The van der Waals surface area contributed by atoms with E-state index in [2.05, 4.69) is 23.5 Å². The summed E-state index contributed by atoms with van der Waals surface area (Å²) in [6.45, 7) is 1.47. The molecule has 94 valence electrons. The molecule has 0 atom stereocenters. The van der Waals surface area contributed by atoms with Gasteiger partial charge in [-0.3, -0.25) is 4.79 Å². The van der Waals surface area contributed by atoms with Crippen molar-refractivity contribution < 1.29 is 9.53 Å². The van der Waals surface area contributed by atoms with Gasteiger partial charge in [-0.1, -0.05) is 6.07 Å². The molecule has 0 unspecified atom stereocenters. The van der Waals surface area contributed by atoms with Crippen molar-refractivity contribution in [3.63, 3.8) is 0 Å². The third-order valence-corrected chi connectivity index (χ3v) is 2.91. The van der Waals surface area contributed by atoms with Gasteiger partial charge in [0.1, 0.15) is 5.75 Å². The number of fused-ring (bicyclic) bond motifs is 1. The van der Waals surface area contributed by atoms with Crippen LogP contribution in [0, 0.1) is 0 Å². The minimum Gasteiger partial charge on any atom is -0.497 e. The highest BCUT2D eigenvalue weighted by Crippen LogP contribution is 2.24. The normalized spacial score (nSPS) is 12.9. The molecule has 1 aromatic carbocycles. The van der Waals surface area contributed by atoms with E-state index in [0.717, 1.165) is 5.75 Å². The van der Waals surface area contributed by atoms with Crippen LogP contribution >= 0.6 is 0 Å². The van der Waals surface area contributed by atoms with Gasteiger partial charge in [0, 0.05) is 14.0 Å². The molecule has 1 aliphatic rings. The smallest absolute Gasteiger partial charge is 0.216 e. The monoisotopic (exact) mass is 235 g/mol. The van der Waals surface area contributed by atoms with E-state index in [1.165, 1.54) is 43.7 Å². The Labute approximate surface area is 103 Å². The molecule has 3 nitrogen and oxygen atoms in total. The molecule has 0 heterocycles. The SMILES string of the molecule is CNC(C)=O.COc1ccc2c(c1)CCCC2. The van der Waals surface area contributed by atoms with Crippen molar-refractivity contribution in [2.45, 2.75) is 32.6 Å². The number of methoxy groups -OCH3 is 1. The number of carbonyl (C=O) groups excluding carboxylic acids is 1. The van der Waals surface area contributed by atoms with Crippen molar-refractivity contribution in [2.75, 3.05) is 14.2 Å². The van der Waals surface area contributed by atoms with E-state index in [-0.39, 0.29) is 5.91 Å². The molecule has 0 saturated heterocycles. The van der Waals surface area contributed by atoms with Crippen LogP contribution in [0.1, 0.15) is 30.9 Å². The van der Waals surface area contributed by atoms with E-state index in [1.54, 1.807) is 14.2 Å². The second kappa shape index (κ2) is 6.94. The Morgan fingerprint density at radius 1 is 1.24 bits per heavy atom. The van der Waals surface area contributed by atoms with Crippen molar-refractivity contribution >= 4 is 5.91 Å². The van der Waals surface area contributed by atoms with Crippen LogP contribution in [0.15, 0.2) is 18.2 Å². The summed E-state index contributed by atoms with van der Waals surface area (Å²) in [7, 11) is 3.33. The first-order chi connectivity index (χ1) is 8.17. The van der Waals surface area contributed by atoms with Gasteiger partial charge in [0.15, 0.2) is 0 Å². The van der Waals surface area contributed by atoms with Gasteiger partial charge in [-0.25, -0.2) is 0 Å². The van der Waals surface area contributed by atoms with Crippen LogP contribution in [-0.2, 0) is 17.6 Å². The lowest BCUT2D eigenvalue weighted by molar-refractivity contribution is -0.118. The first-order valence-electron chi connectivity index (χ1n) is 6.01. The first-order valence-corrected chi connectivity index (χ1v) is 6.01. The number of aryl methyl sites for hydroxylation is 2. The quantitative estimate of drug-likeness (QED) is 0.811. The average Bonchev–Trinajstić information content (AvgIpc) is 2.38. The number of hydrogen-bond donors (Lipinski definition) is 1. The number of ether oxygens (including phenoxy) is 1. The molecular formula is C14H21NO2. The predicted octanol–water partition coefficient (Wildman–Crippen LogP) is 2.33. The summed E-state index contributed by atoms with van der Waals surface area (Å²) >= 11 is 0. The number of nitrogens with one attached hydrogen (secondary N) is 1. The largest absolute Gasteiger partial charge is 0.497 e. The molecule has 17 heavy (non-hydrogen) atoms. The lowest BCUT2D eigenvalue weighted by Crippen LogP contribution is -2.11. The number of carbonyl (C=O) groups is 1. The fourth-order valence-corrected chi connectivity index (χ4v) is 1.84. The molecule has 1 amide bonds. The maximum Gasteiger partial charge on any atom is 0.216 e. The standard InChI is InChI=1S/C11H14O.C3H7NO/c1-12-11-7-6-9-4-2-3-5-10(9)8-11;1-3(5)4-2/h6-8H,2-5H2,1H3;1-2H3,(H,4,5). The minimum atomic E-state index is 0.00463. The second-order valence-corrected chi connectivity index (χ2v) is 4.15. The highest BCUT2D eigenvalue weighted by molar-refractivity contribution is 5.72. The Morgan fingerprint density at radius 2 is 1.82 bits per heavy atom. The topological polar surface area (TPSA) is 38.3 Å². The zero-order chi connectivity index (χ0) is 12.7. The van der Waals surface area contributed by atoms with Crippen LogP contribution in [0.5, 0.6) is 5.75 Å². The summed E-state index contributed by atoms with van der Waals surface area (Å²) in [6.07, 6.45) is 5.16. The number of benzene rings is 1. The van der Waals surface area contributed by atoms with E-state index in [0.29, 0.717) is 0 Å². The van der Waals surface area contributed by atoms with Crippen molar-refractivity contribution in [2.24, 2.45) is 0 Å². The van der Waals surface area contributed by atoms with Crippen molar-refractivity contribution in [3.8, 4) is 5.75 Å². The molecular weight excluding hydrogens is 214 g/mol. The van der Waals surface area contributed by atoms with Crippen LogP contribution < -0.4 is 10.1 Å². The highest BCUT2D eigenvalue weighted by atomic mass is 16.5. The van der Waals surface area contributed by atoms with Gasteiger partial charge in [0.2, 0.25) is 5.91 Å². The number of amides is 1. The molecule has 1 aliphatic carbocycles. The van der Waals surface area contributed by atoms with Gasteiger partial charge < -0.3 is 10.1 Å². The molecule has 1 aromatic rings. The summed E-state index contributed by atoms with van der Waals surface area (Å²) < 4.78 is 5.18. The van der Waals surface area contributed by atoms with Crippen LogP contribution in [0.2, 0.25) is 0 Å². The van der Waals surface area contributed by atoms with Gasteiger partial charge in [-0.05, 0) is 48.9 Å². The fourth-order valence-electron chi connectivity index (χ4n) is 1.84. The Morgan fingerprint density at radius 3 is 2.35 bits per heavy atom. The van der Waals surface area contributed by atoms with Crippen LogP contribution in [0.4, 0.5) is 0 Å². The molecule has 0 radical (unpaired) electrons. The molecule has 0 saturated carbocycles. The highest BCUT2D eigenvalue weighted by Gasteiger charge is 2.08. The molecule has 0 aliphatic heterocycles. The van der Waals surface area contributed by atoms with E-state index in [4.69, 9.17) is 4.74 Å². The summed E-state index contributed by atoms with van der Waals surface area (Å²) in [4.78, 5) is 9.70. The lowest BCUT2D eigenvalue weighted by Gasteiger charge is -2.15. The Kier molecular flexibility index (Phi) is 5.53. The number of hydrogen-bond acceptors (Lipinski definition) is 2. The van der Waals surface area contributed by atoms with Crippen LogP contribution in [0.25, 0.3) is 0 Å². The van der Waals surface area contributed by atoms with E-state index in [1.807, 2.05) is 0 Å². The van der Waals surface area contributed by atoms with Crippen molar-refractivity contribution in [3.05, 3.63) is 29.3 Å². The van der Waals surface area contributed by atoms with Gasteiger partial charge in [-0.2, -0.15) is 0 Å². The van der Waals surface area contributed by atoms with Crippen LogP contribution in [0.3, 0.4) is 0 Å². The molecule has 0 bridgehead atoms. The fraction of sp³-hybridized carbons (Fsp3) is 0.500. The predicted molar refractivity (Wildman–Crippen MR) is 69.4 cm³/mol. The van der Waals surface area contributed by atoms with E-state index >= 15 is 0 Å². The van der Waals surface area contributed by atoms with Gasteiger partial charge in [0.05, 0.1) is 7.11 Å². The van der Waals surface area contributed by atoms with Crippen LogP contribution in [-0.4, -0.2) is 20.1 Å². The summed E-state index contributed by atoms with van der Waals surface area (Å²) in [6, 6.07) is 6.44. The zero-order valence-corrected chi connectivity index (χ0v) is 10.9. The van der Waals surface area contributed by atoms with Gasteiger partial charge in [-0.15, -0.1) is 0 Å². The lowest BCUT2D eigenvalue weighted by atomic mass is 9.92. The first kappa shape index (κ1) is 13.6. The Hall–Kier alpha value is -1.51. The van der Waals surface area contributed by atoms with E-state index in [9.17, 15) is 4.79 Å². The van der Waals surface area contributed by atoms with Crippen molar-refractivity contribution in [1.29, 1.82) is 0 Å². The Balaban J connectivity index is 0.000000249. The third-order valence-electron chi connectivity index (χ3n) is 2.91. The molecule has 0 aromatic heterocycles. The zero-order valence-electron chi connectivity index (χ0n) is 10.9. The molecule has 0 spiro atoms. The van der Waals surface area contributed by atoms with Gasteiger partial charge >= 0.3 is 0 Å². The molecule has 0 fully saturated rings. The maximum atomic E-state index is 9.70. The number of rotatable bonds is 1. The Bertz CT molecular complexity index is 374. The van der Waals surface area contributed by atoms with Crippen molar-refractivity contribution in [1.82, 2.24) is 5.32 Å². The summed E-state index contributed by atoms with van der Waals surface area (Å²) in [5, 5.41) is 2.39. The second-order valence-electron chi connectivity index (χ2n) is 4.15. The summed E-state index contributed by atoms with van der Waals surface area (Å²) in [5.41, 5.74) is 3.00. The molecule has 2 rings (SSSR count).